The normalized spacial score (nSPS) is 23.2. The van der Waals surface area contributed by atoms with Gasteiger partial charge in [-0.2, -0.15) is 0 Å². The van der Waals surface area contributed by atoms with Crippen LogP contribution in [0.4, 0.5) is 0 Å². The van der Waals surface area contributed by atoms with Crippen molar-refractivity contribution < 1.29 is 19.4 Å². The van der Waals surface area contributed by atoms with Gasteiger partial charge in [0.05, 0.1) is 12.2 Å². The second kappa shape index (κ2) is 3.88. The lowest BCUT2D eigenvalue weighted by Gasteiger charge is -2.17. The summed E-state index contributed by atoms with van der Waals surface area (Å²) < 4.78 is 11.1. The molecule has 0 aromatic heterocycles. The lowest BCUT2D eigenvalue weighted by molar-refractivity contribution is -0.139. The molecule has 1 atom stereocenters. The van der Waals surface area contributed by atoms with Gasteiger partial charge in [0.1, 0.15) is 6.10 Å². The Hall–Kier alpha value is -1.39. The van der Waals surface area contributed by atoms with E-state index in [1.54, 1.807) is 18.2 Å². The molecule has 0 saturated carbocycles. The molecule has 0 bridgehead atoms. The highest BCUT2D eigenvalue weighted by Gasteiger charge is 2.33. The summed E-state index contributed by atoms with van der Waals surface area (Å²) in [5.74, 6) is -1.52. The maximum atomic E-state index is 10.8. The molecule has 0 amide bonds. The number of hydrogen-bond donors (Lipinski definition) is 1. The van der Waals surface area contributed by atoms with Crippen LogP contribution in [0.2, 0.25) is 0 Å². The standard InChI is InChI=1S/C12H14O4/c1-12(2)15-7-10(16-12)8-4-3-5-9(6-8)11(13)14/h3-6,10H,7H2,1-2H3,(H,13,14). The SMILES string of the molecule is CC1(C)OCC(c2cccc(C(=O)O)c2)O1. The molecule has 1 aliphatic heterocycles. The Morgan fingerprint density at radius 1 is 1.50 bits per heavy atom. The van der Waals surface area contributed by atoms with E-state index >= 15 is 0 Å². The Bertz CT molecular complexity index is 411. The number of carboxylic acid groups (broad SMARTS) is 1. The number of benzene rings is 1. The summed E-state index contributed by atoms with van der Waals surface area (Å²) >= 11 is 0. The Balaban J connectivity index is 2.22. The topological polar surface area (TPSA) is 55.8 Å². The summed E-state index contributed by atoms with van der Waals surface area (Å²) in [6.45, 7) is 4.14. The highest BCUT2D eigenvalue weighted by atomic mass is 16.7. The first-order valence-electron chi connectivity index (χ1n) is 5.13. The first-order valence-corrected chi connectivity index (χ1v) is 5.13. The molecule has 4 heteroatoms. The van der Waals surface area contributed by atoms with Crippen LogP contribution in [-0.4, -0.2) is 23.5 Å². The highest BCUT2D eigenvalue weighted by Crippen LogP contribution is 2.32. The molecule has 1 aliphatic rings. The third-order valence-electron chi connectivity index (χ3n) is 2.51. The number of aromatic carboxylic acids is 1. The minimum Gasteiger partial charge on any atom is -0.478 e. The highest BCUT2D eigenvalue weighted by molar-refractivity contribution is 5.87. The quantitative estimate of drug-likeness (QED) is 0.833. The molecule has 0 aliphatic carbocycles. The fourth-order valence-electron chi connectivity index (χ4n) is 1.72. The average molecular weight is 222 g/mol. The molecule has 4 nitrogen and oxygen atoms in total. The van der Waals surface area contributed by atoms with Crippen molar-refractivity contribution >= 4 is 5.97 Å². The van der Waals surface area contributed by atoms with E-state index in [1.165, 1.54) is 0 Å². The van der Waals surface area contributed by atoms with Crippen LogP contribution in [0.5, 0.6) is 0 Å². The molecule has 0 spiro atoms. The van der Waals surface area contributed by atoms with Gasteiger partial charge in [-0.3, -0.25) is 0 Å². The molecule has 86 valence electrons. The van der Waals surface area contributed by atoms with E-state index in [0.29, 0.717) is 6.61 Å². The van der Waals surface area contributed by atoms with Crippen LogP contribution in [0, 0.1) is 0 Å². The van der Waals surface area contributed by atoms with Crippen LogP contribution < -0.4 is 0 Å². The third-order valence-corrected chi connectivity index (χ3v) is 2.51. The number of hydrogen-bond acceptors (Lipinski definition) is 3. The van der Waals surface area contributed by atoms with E-state index in [1.807, 2.05) is 19.9 Å². The molecule has 0 radical (unpaired) electrons. The minimum atomic E-state index is -0.931. The van der Waals surface area contributed by atoms with Crippen molar-refractivity contribution in [1.29, 1.82) is 0 Å². The van der Waals surface area contributed by atoms with Gasteiger partial charge in [-0.05, 0) is 31.5 Å². The molecule has 2 rings (SSSR count). The van der Waals surface area contributed by atoms with Gasteiger partial charge in [0, 0.05) is 0 Å². The van der Waals surface area contributed by atoms with Crippen LogP contribution in [0.15, 0.2) is 24.3 Å². The van der Waals surface area contributed by atoms with Crippen LogP contribution in [0.25, 0.3) is 0 Å². The summed E-state index contributed by atoms with van der Waals surface area (Å²) in [6, 6.07) is 6.75. The zero-order valence-corrected chi connectivity index (χ0v) is 9.27. The summed E-state index contributed by atoms with van der Waals surface area (Å²) in [5, 5.41) is 8.88. The smallest absolute Gasteiger partial charge is 0.335 e. The van der Waals surface area contributed by atoms with Crippen molar-refractivity contribution in [2.24, 2.45) is 0 Å². The van der Waals surface area contributed by atoms with Crippen LogP contribution in [-0.2, 0) is 9.47 Å². The van der Waals surface area contributed by atoms with E-state index in [2.05, 4.69) is 0 Å². The summed E-state index contributed by atoms with van der Waals surface area (Å²) in [4.78, 5) is 10.8. The Morgan fingerprint density at radius 2 is 2.25 bits per heavy atom. The Kier molecular flexibility index (Phi) is 2.69. The third kappa shape index (κ3) is 2.23. The van der Waals surface area contributed by atoms with E-state index in [4.69, 9.17) is 14.6 Å². The van der Waals surface area contributed by atoms with Crippen molar-refractivity contribution in [3.8, 4) is 0 Å². The molecule has 1 fully saturated rings. The second-order valence-electron chi connectivity index (χ2n) is 4.25. The first kappa shape index (κ1) is 11.1. The molecule has 1 heterocycles. The van der Waals surface area contributed by atoms with Gasteiger partial charge in [0.25, 0.3) is 0 Å². The molecule has 1 saturated heterocycles. The zero-order chi connectivity index (χ0) is 11.8. The fraction of sp³-hybridized carbons (Fsp3) is 0.417. The van der Waals surface area contributed by atoms with Gasteiger partial charge in [0.15, 0.2) is 5.79 Å². The monoisotopic (exact) mass is 222 g/mol. The fourth-order valence-corrected chi connectivity index (χ4v) is 1.72. The predicted molar refractivity (Wildman–Crippen MR) is 57.3 cm³/mol. The molecule has 1 aromatic rings. The molecule has 1 N–H and O–H groups in total. The summed E-state index contributed by atoms with van der Waals surface area (Å²) in [6.07, 6.45) is -0.186. The van der Waals surface area contributed by atoms with Crippen molar-refractivity contribution in [2.45, 2.75) is 25.7 Å². The molecular formula is C12H14O4. The number of rotatable bonds is 2. The lowest BCUT2D eigenvalue weighted by Crippen LogP contribution is -2.19. The van der Waals surface area contributed by atoms with Crippen molar-refractivity contribution in [3.63, 3.8) is 0 Å². The minimum absolute atomic E-state index is 0.186. The molecule has 16 heavy (non-hydrogen) atoms. The average Bonchev–Trinajstić information content (AvgIpc) is 2.59. The molecular weight excluding hydrogens is 208 g/mol. The van der Waals surface area contributed by atoms with Crippen molar-refractivity contribution in [2.75, 3.05) is 6.61 Å². The molecule has 1 aromatic carbocycles. The van der Waals surface area contributed by atoms with Gasteiger partial charge in [-0.1, -0.05) is 12.1 Å². The molecule has 1 unspecified atom stereocenters. The summed E-state index contributed by atoms with van der Waals surface area (Å²) in [7, 11) is 0. The van der Waals surface area contributed by atoms with Gasteiger partial charge >= 0.3 is 5.97 Å². The van der Waals surface area contributed by atoms with Gasteiger partial charge in [0.2, 0.25) is 0 Å². The van der Waals surface area contributed by atoms with Crippen LogP contribution >= 0.6 is 0 Å². The van der Waals surface area contributed by atoms with Crippen LogP contribution in [0.1, 0.15) is 35.9 Å². The largest absolute Gasteiger partial charge is 0.478 e. The van der Waals surface area contributed by atoms with E-state index in [9.17, 15) is 4.79 Å². The maximum Gasteiger partial charge on any atom is 0.335 e. The van der Waals surface area contributed by atoms with Gasteiger partial charge in [-0.25, -0.2) is 4.79 Å². The Labute approximate surface area is 93.8 Å². The zero-order valence-electron chi connectivity index (χ0n) is 9.27. The van der Waals surface area contributed by atoms with E-state index < -0.39 is 11.8 Å². The van der Waals surface area contributed by atoms with Crippen molar-refractivity contribution in [1.82, 2.24) is 0 Å². The number of carbonyl (C=O) groups is 1. The number of ether oxygens (including phenoxy) is 2. The lowest BCUT2D eigenvalue weighted by atomic mass is 10.1. The Morgan fingerprint density at radius 3 is 2.81 bits per heavy atom. The van der Waals surface area contributed by atoms with Gasteiger partial charge < -0.3 is 14.6 Å². The van der Waals surface area contributed by atoms with Gasteiger partial charge in [-0.15, -0.1) is 0 Å². The first-order chi connectivity index (χ1) is 7.48. The summed E-state index contributed by atoms with van der Waals surface area (Å²) in [5.41, 5.74) is 1.11. The maximum absolute atomic E-state index is 10.8. The van der Waals surface area contributed by atoms with E-state index in [-0.39, 0.29) is 11.7 Å². The predicted octanol–water partition coefficient (Wildman–Crippen LogP) is 2.21. The number of carboxylic acids is 1. The van der Waals surface area contributed by atoms with Crippen molar-refractivity contribution in [3.05, 3.63) is 35.4 Å². The van der Waals surface area contributed by atoms with E-state index in [0.717, 1.165) is 5.56 Å². The second-order valence-corrected chi connectivity index (χ2v) is 4.25. The van der Waals surface area contributed by atoms with Crippen LogP contribution in [0.3, 0.4) is 0 Å².